The van der Waals surface area contributed by atoms with Crippen molar-refractivity contribution >= 4 is 12.3 Å². The molecule has 0 aliphatic rings. The zero-order chi connectivity index (χ0) is 14.0. The lowest BCUT2D eigenvalue weighted by molar-refractivity contribution is 0.0570. The molecule has 20 heavy (non-hydrogen) atoms. The highest BCUT2D eigenvalue weighted by Gasteiger charge is 2.08. The first kappa shape index (κ1) is 14.1. The van der Waals surface area contributed by atoms with Gasteiger partial charge in [-0.05, 0) is 23.6 Å². The molecule has 0 aliphatic carbocycles. The normalized spacial score (nSPS) is 12.8. The molecule has 1 atom stereocenters. The summed E-state index contributed by atoms with van der Waals surface area (Å²) in [5.41, 5.74) is 2.30. The number of oxime groups is 1. The third-order valence-electron chi connectivity index (χ3n) is 2.97. The third kappa shape index (κ3) is 4.39. The standard InChI is InChI=1S/C18H19NO/c1-2-18(17-13-7-4-8-14-17)20-19-15-9-12-16-10-5-3-6-11-16/h3-15,18H,2H2,1H3/b12-9+,19-15+/t18-/m1/s1. The van der Waals surface area contributed by atoms with Gasteiger partial charge in [0.1, 0.15) is 0 Å². The van der Waals surface area contributed by atoms with Crippen LogP contribution in [0.15, 0.2) is 71.9 Å². The summed E-state index contributed by atoms with van der Waals surface area (Å²) in [6.45, 7) is 2.09. The fourth-order valence-electron chi connectivity index (χ4n) is 1.90. The number of nitrogens with zero attached hydrogens (tertiary/aromatic N) is 1. The molecular weight excluding hydrogens is 246 g/mol. The highest BCUT2D eigenvalue weighted by molar-refractivity contribution is 5.77. The summed E-state index contributed by atoms with van der Waals surface area (Å²) in [6.07, 6.45) is 6.46. The predicted molar refractivity (Wildman–Crippen MR) is 84.5 cm³/mol. The molecule has 0 amide bonds. The van der Waals surface area contributed by atoms with Gasteiger partial charge < -0.3 is 4.84 Å². The van der Waals surface area contributed by atoms with Gasteiger partial charge in [-0.25, -0.2) is 0 Å². The Morgan fingerprint density at radius 3 is 2.30 bits per heavy atom. The molecule has 2 rings (SSSR count). The Morgan fingerprint density at radius 2 is 1.65 bits per heavy atom. The van der Waals surface area contributed by atoms with E-state index in [1.54, 1.807) is 6.21 Å². The van der Waals surface area contributed by atoms with Crippen LogP contribution in [0, 0.1) is 0 Å². The molecule has 0 radical (unpaired) electrons. The molecule has 0 bridgehead atoms. The Labute approximate surface area is 120 Å². The average molecular weight is 265 g/mol. The lowest BCUT2D eigenvalue weighted by Gasteiger charge is -2.12. The van der Waals surface area contributed by atoms with Crippen molar-refractivity contribution in [3.05, 3.63) is 77.9 Å². The second kappa shape index (κ2) is 7.95. The van der Waals surface area contributed by atoms with E-state index in [9.17, 15) is 0 Å². The van der Waals surface area contributed by atoms with Crippen LogP contribution < -0.4 is 0 Å². The number of rotatable bonds is 6. The lowest BCUT2D eigenvalue weighted by Crippen LogP contribution is -1.98. The van der Waals surface area contributed by atoms with Crippen molar-refractivity contribution in [1.82, 2.24) is 0 Å². The predicted octanol–water partition coefficient (Wildman–Crippen LogP) is 4.85. The Balaban J connectivity index is 1.87. The van der Waals surface area contributed by atoms with Crippen LogP contribution in [0.3, 0.4) is 0 Å². The third-order valence-corrected chi connectivity index (χ3v) is 2.97. The monoisotopic (exact) mass is 265 g/mol. The van der Waals surface area contributed by atoms with Gasteiger partial charge in [-0.3, -0.25) is 0 Å². The van der Waals surface area contributed by atoms with Crippen LogP contribution >= 0.6 is 0 Å². The van der Waals surface area contributed by atoms with E-state index in [4.69, 9.17) is 4.84 Å². The smallest absolute Gasteiger partial charge is 0.152 e. The molecule has 2 aromatic rings. The highest BCUT2D eigenvalue weighted by Crippen LogP contribution is 2.20. The Morgan fingerprint density at radius 1 is 1.00 bits per heavy atom. The molecule has 0 fully saturated rings. The summed E-state index contributed by atoms with van der Waals surface area (Å²) in [4.78, 5) is 5.53. The molecule has 0 saturated carbocycles. The molecule has 0 N–H and O–H groups in total. The zero-order valence-electron chi connectivity index (χ0n) is 11.6. The average Bonchev–Trinajstić information content (AvgIpc) is 2.53. The topological polar surface area (TPSA) is 21.6 Å². The summed E-state index contributed by atoms with van der Waals surface area (Å²) >= 11 is 0. The van der Waals surface area contributed by atoms with E-state index in [1.807, 2.05) is 60.7 Å². The lowest BCUT2D eigenvalue weighted by atomic mass is 10.1. The molecule has 102 valence electrons. The van der Waals surface area contributed by atoms with Crippen molar-refractivity contribution in [3.8, 4) is 0 Å². The van der Waals surface area contributed by atoms with Crippen molar-refractivity contribution in [2.24, 2.45) is 5.16 Å². The van der Waals surface area contributed by atoms with Gasteiger partial charge in [-0.2, -0.15) is 0 Å². The maximum absolute atomic E-state index is 5.53. The Kier molecular flexibility index (Phi) is 5.59. The number of benzene rings is 2. The second-order valence-electron chi connectivity index (χ2n) is 4.44. The molecule has 0 heterocycles. The minimum Gasteiger partial charge on any atom is -0.388 e. The molecule has 0 spiro atoms. The molecule has 0 unspecified atom stereocenters. The maximum atomic E-state index is 5.53. The molecule has 0 saturated heterocycles. The van der Waals surface area contributed by atoms with Crippen LogP contribution in [-0.2, 0) is 4.84 Å². The van der Waals surface area contributed by atoms with Crippen molar-refractivity contribution in [3.63, 3.8) is 0 Å². The number of hydrogen-bond acceptors (Lipinski definition) is 2. The van der Waals surface area contributed by atoms with Gasteiger partial charge in [0.05, 0.1) is 6.21 Å². The first-order valence-electron chi connectivity index (χ1n) is 6.86. The van der Waals surface area contributed by atoms with Crippen LogP contribution in [0.5, 0.6) is 0 Å². The zero-order valence-corrected chi connectivity index (χ0v) is 11.6. The number of hydrogen-bond donors (Lipinski definition) is 0. The fraction of sp³-hybridized carbons (Fsp3) is 0.167. The van der Waals surface area contributed by atoms with Crippen molar-refractivity contribution in [2.45, 2.75) is 19.4 Å². The molecule has 0 aliphatic heterocycles. The summed E-state index contributed by atoms with van der Waals surface area (Å²) in [7, 11) is 0. The van der Waals surface area contributed by atoms with Gasteiger partial charge in [0.15, 0.2) is 6.10 Å². The van der Waals surface area contributed by atoms with Gasteiger partial charge in [0.25, 0.3) is 0 Å². The van der Waals surface area contributed by atoms with Crippen LogP contribution in [0.4, 0.5) is 0 Å². The quantitative estimate of drug-likeness (QED) is 0.540. The Hall–Kier alpha value is -2.35. The molecule has 0 aromatic heterocycles. The molecular formula is C18H19NO. The maximum Gasteiger partial charge on any atom is 0.152 e. The fourth-order valence-corrected chi connectivity index (χ4v) is 1.90. The number of allylic oxidation sites excluding steroid dienone is 1. The van der Waals surface area contributed by atoms with Crippen molar-refractivity contribution in [2.75, 3.05) is 0 Å². The van der Waals surface area contributed by atoms with E-state index in [2.05, 4.69) is 24.2 Å². The molecule has 2 aromatic carbocycles. The summed E-state index contributed by atoms with van der Waals surface area (Å²) in [5, 5.41) is 4.02. The molecule has 2 nitrogen and oxygen atoms in total. The first-order chi connectivity index (χ1) is 9.90. The Bertz CT molecular complexity index is 546. The SMILES string of the molecule is CC[C@@H](O/N=C/C=C/c1ccccc1)c1ccccc1. The minimum absolute atomic E-state index is 0.0116. The van der Waals surface area contributed by atoms with Gasteiger partial charge in [0, 0.05) is 0 Å². The van der Waals surface area contributed by atoms with E-state index < -0.39 is 0 Å². The van der Waals surface area contributed by atoms with Gasteiger partial charge in [-0.1, -0.05) is 78.8 Å². The van der Waals surface area contributed by atoms with E-state index in [0.29, 0.717) is 0 Å². The summed E-state index contributed by atoms with van der Waals surface area (Å²) < 4.78 is 0. The summed E-state index contributed by atoms with van der Waals surface area (Å²) in [5.74, 6) is 0. The van der Waals surface area contributed by atoms with Crippen LogP contribution in [0.25, 0.3) is 6.08 Å². The van der Waals surface area contributed by atoms with E-state index in [0.717, 1.165) is 17.5 Å². The van der Waals surface area contributed by atoms with Crippen molar-refractivity contribution < 1.29 is 4.84 Å². The van der Waals surface area contributed by atoms with Crippen LogP contribution in [0.1, 0.15) is 30.6 Å². The second-order valence-corrected chi connectivity index (χ2v) is 4.44. The van der Waals surface area contributed by atoms with Gasteiger partial charge in [0.2, 0.25) is 0 Å². The van der Waals surface area contributed by atoms with Crippen LogP contribution in [0.2, 0.25) is 0 Å². The molecule has 2 heteroatoms. The summed E-state index contributed by atoms with van der Waals surface area (Å²) in [6, 6.07) is 20.3. The van der Waals surface area contributed by atoms with E-state index >= 15 is 0 Å². The minimum atomic E-state index is 0.0116. The van der Waals surface area contributed by atoms with Crippen LogP contribution in [-0.4, -0.2) is 6.21 Å². The van der Waals surface area contributed by atoms with Gasteiger partial charge in [-0.15, -0.1) is 0 Å². The highest BCUT2D eigenvalue weighted by atomic mass is 16.6. The van der Waals surface area contributed by atoms with Gasteiger partial charge >= 0.3 is 0 Å². The largest absolute Gasteiger partial charge is 0.388 e. The van der Waals surface area contributed by atoms with E-state index in [-0.39, 0.29) is 6.10 Å². The van der Waals surface area contributed by atoms with Crippen molar-refractivity contribution in [1.29, 1.82) is 0 Å². The first-order valence-corrected chi connectivity index (χ1v) is 6.86. The van der Waals surface area contributed by atoms with E-state index in [1.165, 1.54) is 0 Å².